The highest BCUT2D eigenvalue weighted by Crippen LogP contribution is 2.32. The molecule has 0 N–H and O–H groups in total. The van der Waals surface area contributed by atoms with Crippen LogP contribution >= 0.6 is 11.6 Å². The largest absolute Gasteiger partial charge is 0.472 e. The summed E-state index contributed by atoms with van der Waals surface area (Å²) in [6.45, 7) is 0.385. The third kappa shape index (κ3) is 3.93. The highest BCUT2D eigenvalue weighted by molar-refractivity contribution is 6.31. The molecule has 0 bridgehead atoms. The summed E-state index contributed by atoms with van der Waals surface area (Å²) in [5.41, 5.74) is 3.10. The van der Waals surface area contributed by atoms with Gasteiger partial charge in [-0.2, -0.15) is 0 Å². The first kappa shape index (κ1) is 17.5. The number of pyridine rings is 1. The van der Waals surface area contributed by atoms with Crippen LogP contribution in [0.15, 0.2) is 79.0 Å². The highest BCUT2D eigenvalue weighted by Gasteiger charge is 2.13. The molecule has 3 aromatic carbocycles. The number of fused-ring (bicyclic) bond motifs is 1. The fourth-order valence-corrected chi connectivity index (χ4v) is 3.23. The van der Waals surface area contributed by atoms with Gasteiger partial charge in [0.25, 0.3) is 0 Å². The number of halogens is 2. The van der Waals surface area contributed by atoms with E-state index in [1.165, 1.54) is 6.07 Å². The third-order valence-electron chi connectivity index (χ3n) is 4.43. The van der Waals surface area contributed by atoms with Crippen molar-refractivity contribution >= 4 is 22.4 Å². The molecule has 4 rings (SSSR count). The van der Waals surface area contributed by atoms with Crippen molar-refractivity contribution in [2.75, 3.05) is 0 Å². The summed E-state index contributed by atoms with van der Waals surface area (Å²) in [6.07, 6.45) is 2.41. The van der Waals surface area contributed by atoms with E-state index in [0.717, 1.165) is 22.1 Å². The summed E-state index contributed by atoms with van der Waals surface area (Å²) in [5.74, 6) is 0.00579. The third-order valence-corrected chi connectivity index (χ3v) is 4.72. The Morgan fingerprint density at radius 3 is 2.22 bits per heavy atom. The van der Waals surface area contributed by atoms with Crippen LogP contribution in [0.4, 0.5) is 4.39 Å². The van der Waals surface area contributed by atoms with Gasteiger partial charge in [0, 0.05) is 11.6 Å². The lowest BCUT2D eigenvalue weighted by atomic mass is 10.0. The summed E-state index contributed by atoms with van der Waals surface area (Å²) in [5, 5.41) is 1.54. The molecule has 1 heterocycles. The lowest BCUT2D eigenvalue weighted by molar-refractivity contribution is 0.298. The van der Waals surface area contributed by atoms with Gasteiger partial charge >= 0.3 is 0 Å². The van der Waals surface area contributed by atoms with Crippen LogP contribution in [0, 0.1) is 5.82 Å². The number of ether oxygens (including phenoxy) is 1. The molecule has 0 aliphatic heterocycles. The molecule has 0 aliphatic rings. The Hall–Kier alpha value is -2.91. The zero-order valence-corrected chi connectivity index (χ0v) is 15.3. The molecule has 0 radical (unpaired) electrons. The van der Waals surface area contributed by atoms with Gasteiger partial charge in [-0.1, -0.05) is 72.3 Å². The maximum absolute atomic E-state index is 14.2. The van der Waals surface area contributed by atoms with E-state index in [9.17, 15) is 4.39 Å². The minimum Gasteiger partial charge on any atom is -0.472 e. The molecule has 0 atom stereocenters. The second-order valence-electron chi connectivity index (χ2n) is 6.34. The summed E-state index contributed by atoms with van der Waals surface area (Å²) in [4.78, 5) is 4.49. The van der Waals surface area contributed by atoms with Crippen molar-refractivity contribution in [1.82, 2.24) is 4.98 Å². The molecule has 1 aromatic heterocycles. The second-order valence-corrected chi connectivity index (χ2v) is 6.74. The highest BCUT2D eigenvalue weighted by atomic mass is 35.5. The molecule has 0 aliphatic carbocycles. The normalized spacial score (nSPS) is 10.9. The van der Waals surface area contributed by atoms with E-state index in [4.69, 9.17) is 16.3 Å². The lowest BCUT2D eigenvalue weighted by Crippen LogP contribution is -2.00. The van der Waals surface area contributed by atoms with Gasteiger partial charge in [-0.15, -0.1) is 0 Å². The molecule has 2 nitrogen and oxygen atoms in total. The molecule has 0 amide bonds. The second kappa shape index (κ2) is 7.77. The first-order valence-corrected chi connectivity index (χ1v) is 9.06. The SMILES string of the molecule is Fc1cc2c(Cc3ccccc3)cnc(OCc3ccccc3)c2cc1Cl. The first-order valence-electron chi connectivity index (χ1n) is 8.68. The molecule has 27 heavy (non-hydrogen) atoms. The molecule has 0 saturated heterocycles. The van der Waals surface area contributed by atoms with Crippen molar-refractivity contribution in [2.45, 2.75) is 13.0 Å². The first-order chi connectivity index (χ1) is 13.2. The fourth-order valence-electron chi connectivity index (χ4n) is 3.06. The Bertz CT molecular complexity index is 1070. The lowest BCUT2D eigenvalue weighted by Gasteiger charge is -2.13. The molecule has 4 aromatic rings. The van der Waals surface area contributed by atoms with Crippen LogP contribution in [0.1, 0.15) is 16.7 Å². The van der Waals surface area contributed by atoms with E-state index in [2.05, 4.69) is 4.98 Å². The smallest absolute Gasteiger partial charge is 0.221 e. The van der Waals surface area contributed by atoms with Gasteiger partial charge in [-0.25, -0.2) is 9.37 Å². The molecule has 0 saturated carbocycles. The average Bonchev–Trinajstić information content (AvgIpc) is 2.70. The van der Waals surface area contributed by atoms with Gasteiger partial charge in [0.05, 0.1) is 5.02 Å². The number of hydrogen-bond donors (Lipinski definition) is 0. The number of hydrogen-bond acceptors (Lipinski definition) is 2. The Balaban J connectivity index is 1.72. The fraction of sp³-hybridized carbons (Fsp3) is 0.0870. The van der Waals surface area contributed by atoms with Gasteiger partial charge in [0.15, 0.2) is 0 Å². The van der Waals surface area contributed by atoms with Gasteiger partial charge in [0.2, 0.25) is 5.88 Å². The van der Waals surface area contributed by atoms with Crippen molar-refractivity contribution in [3.8, 4) is 5.88 Å². The standard InChI is InChI=1S/C23H17ClFNO/c24-21-12-20-19(13-22(21)25)18(11-16-7-3-1-4-8-16)14-26-23(20)27-15-17-9-5-2-6-10-17/h1-10,12-14H,11,15H2. The van der Waals surface area contributed by atoms with E-state index >= 15 is 0 Å². The van der Waals surface area contributed by atoms with E-state index in [1.807, 2.05) is 60.7 Å². The molecular weight excluding hydrogens is 361 g/mol. The summed E-state index contributed by atoms with van der Waals surface area (Å²) >= 11 is 6.03. The van der Waals surface area contributed by atoms with Crippen molar-refractivity contribution in [3.63, 3.8) is 0 Å². The van der Waals surface area contributed by atoms with Gasteiger partial charge < -0.3 is 4.74 Å². The van der Waals surface area contributed by atoms with Crippen LogP contribution in [0.2, 0.25) is 5.02 Å². The Kier molecular flexibility index (Phi) is 5.03. The van der Waals surface area contributed by atoms with E-state index < -0.39 is 5.82 Å². The zero-order valence-electron chi connectivity index (χ0n) is 14.5. The number of benzene rings is 3. The quantitative estimate of drug-likeness (QED) is 0.413. The number of nitrogens with zero attached hydrogens (tertiary/aromatic N) is 1. The van der Waals surface area contributed by atoms with Crippen LogP contribution in [0.25, 0.3) is 10.8 Å². The van der Waals surface area contributed by atoms with Gasteiger partial charge in [-0.05, 0) is 40.6 Å². The number of rotatable bonds is 5. The Morgan fingerprint density at radius 1 is 0.852 bits per heavy atom. The predicted octanol–water partition coefficient (Wildman–Crippen LogP) is 6.20. The minimum atomic E-state index is -0.446. The van der Waals surface area contributed by atoms with Crippen molar-refractivity contribution in [3.05, 3.63) is 107 Å². The maximum atomic E-state index is 14.2. The van der Waals surface area contributed by atoms with Crippen molar-refractivity contribution in [1.29, 1.82) is 0 Å². The van der Waals surface area contributed by atoms with Crippen LogP contribution < -0.4 is 4.74 Å². The Morgan fingerprint density at radius 2 is 1.52 bits per heavy atom. The predicted molar refractivity (Wildman–Crippen MR) is 107 cm³/mol. The summed E-state index contributed by atoms with van der Waals surface area (Å²) < 4.78 is 20.1. The minimum absolute atomic E-state index is 0.0609. The van der Waals surface area contributed by atoms with Gasteiger partial charge in [-0.3, -0.25) is 0 Å². The van der Waals surface area contributed by atoms with Crippen LogP contribution in [0.3, 0.4) is 0 Å². The van der Waals surface area contributed by atoms with E-state index in [0.29, 0.717) is 24.3 Å². The molecule has 134 valence electrons. The van der Waals surface area contributed by atoms with E-state index in [1.54, 1.807) is 12.3 Å². The monoisotopic (exact) mass is 377 g/mol. The van der Waals surface area contributed by atoms with Crippen LogP contribution in [-0.2, 0) is 13.0 Å². The molecule has 0 spiro atoms. The summed E-state index contributed by atoms with van der Waals surface area (Å²) in [7, 11) is 0. The average molecular weight is 378 g/mol. The van der Waals surface area contributed by atoms with Crippen molar-refractivity contribution < 1.29 is 9.13 Å². The zero-order chi connectivity index (χ0) is 18.6. The van der Waals surface area contributed by atoms with Crippen molar-refractivity contribution in [2.24, 2.45) is 0 Å². The summed E-state index contributed by atoms with van der Waals surface area (Å²) in [6, 6.07) is 22.9. The number of aromatic nitrogens is 1. The van der Waals surface area contributed by atoms with Gasteiger partial charge in [0.1, 0.15) is 12.4 Å². The van der Waals surface area contributed by atoms with Crippen LogP contribution in [0.5, 0.6) is 5.88 Å². The molecular formula is C23H17ClFNO. The molecule has 0 unspecified atom stereocenters. The maximum Gasteiger partial charge on any atom is 0.221 e. The molecule has 4 heteroatoms. The van der Waals surface area contributed by atoms with Crippen LogP contribution in [-0.4, -0.2) is 4.98 Å². The van der Waals surface area contributed by atoms with E-state index in [-0.39, 0.29) is 5.02 Å². The Labute approximate surface area is 162 Å². The molecule has 0 fully saturated rings. The topological polar surface area (TPSA) is 22.1 Å².